The molecular weight excluding hydrogens is 605 g/mol. The van der Waals surface area contributed by atoms with Crippen LogP contribution in [0.15, 0.2) is 35.1 Å². The van der Waals surface area contributed by atoms with Crippen molar-refractivity contribution in [3.63, 3.8) is 0 Å². The number of amides is 2. The molecule has 3 aromatic rings. The number of ether oxygens (including phenoxy) is 1. The van der Waals surface area contributed by atoms with Crippen molar-refractivity contribution in [1.29, 1.82) is 0 Å². The highest BCUT2D eigenvalue weighted by Gasteiger charge is 2.22. The van der Waals surface area contributed by atoms with E-state index in [1.54, 1.807) is 19.2 Å². The molecule has 1 aliphatic carbocycles. The van der Waals surface area contributed by atoms with Gasteiger partial charge in [0.15, 0.2) is 11.4 Å². The molecule has 0 saturated heterocycles. The third-order valence-electron chi connectivity index (χ3n) is 7.27. The number of aryl methyl sites for hydroxylation is 1. The first-order valence-corrected chi connectivity index (χ1v) is 14.7. The largest absolute Gasteiger partial charge is 0.485 e. The summed E-state index contributed by atoms with van der Waals surface area (Å²) in [5.74, 6) is 0.110. The van der Waals surface area contributed by atoms with Crippen LogP contribution in [0.25, 0.3) is 5.65 Å². The van der Waals surface area contributed by atoms with Crippen LogP contribution in [0, 0.1) is 6.92 Å². The maximum atomic E-state index is 12.9. The Morgan fingerprint density at radius 3 is 2.59 bits per heavy atom. The third kappa shape index (κ3) is 7.06. The Bertz CT molecular complexity index is 1340. The first-order chi connectivity index (χ1) is 18.7. The number of fused-ring (bicyclic) bond motifs is 1. The molecule has 0 spiro atoms. The van der Waals surface area contributed by atoms with E-state index in [-0.39, 0.29) is 31.5 Å². The summed E-state index contributed by atoms with van der Waals surface area (Å²) in [6.07, 6.45) is 9.04. The Labute approximate surface area is 247 Å². The maximum absolute atomic E-state index is 12.9. The van der Waals surface area contributed by atoms with Crippen LogP contribution in [0.4, 0.5) is 5.69 Å². The fourth-order valence-corrected chi connectivity index (χ4v) is 5.88. The van der Waals surface area contributed by atoms with Gasteiger partial charge in [-0.2, -0.15) is 0 Å². The van der Waals surface area contributed by atoms with Crippen LogP contribution in [-0.4, -0.2) is 59.3 Å². The van der Waals surface area contributed by atoms with E-state index in [9.17, 15) is 9.59 Å². The number of nitrogens with one attached hydrogen (secondary N) is 1. The van der Waals surface area contributed by atoms with Crippen molar-refractivity contribution in [2.24, 2.45) is 0 Å². The summed E-state index contributed by atoms with van der Waals surface area (Å²) in [4.78, 5) is 33.6. The number of nitrogens with zero attached hydrogens (tertiary/aromatic N) is 4. The zero-order valence-electron chi connectivity index (χ0n) is 22.5. The summed E-state index contributed by atoms with van der Waals surface area (Å²) in [6.45, 7) is 2.13. The summed E-state index contributed by atoms with van der Waals surface area (Å²) < 4.78 is 8.81. The number of hydrogen-bond acceptors (Lipinski definition) is 5. The van der Waals surface area contributed by atoms with Crippen LogP contribution < -0.4 is 15.0 Å². The Morgan fingerprint density at radius 2 is 1.87 bits per heavy atom. The molecule has 0 radical (unpaired) electrons. The first-order valence-electron chi connectivity index (χ1n) is 13.1. The predicted molar refractivity (Wildman–Crippen MR) is 159 cm³/mol. The number of pyridine rings is 1. The molecule has 1 aromatic carbocycles. The van der Waals surface area contributed by atoms with Gasteiger partial charge in [0, 0.05) is 29.9 Å². The third-order valence-corrected chi connectivity index (χ3v) is 9.00. The van der Waals surface area contributed by atoms with Crippen LogP contribution in [-0.2, 0) is 16.2 Å². The van der Waals surface area contributed by atoms with E-state index >= 15 is 0 Å². The molecule has 0 aliphatic heterocycles. The standard InChI is InChI=1S/C28H34BrCl2N5O3/c1-18-27(29)36-14-8-11-23(28(36)33-18)39-17-20-21(30)12-13-22(26(20)31)35(3)25(38)15-32-24(37)16-34(2)19-9-6-4-5-7-10-19/h8,11-14,19H,4-7,9-10,15-17H2,1-3H3,(H,32,37). The molecule has 2 aromatic heterocycles. The number of halogens is 3. The minimum atomic E-state index is -0.293. The average molecular weight is 639 g/mol. The second-order valence-electron chi connectivity index (χ2n) is 9.99. The number of rotatable bonds is 9. The second-order valence-corrected chi connectivity index (χ2v) is 11.5. The summed E-state index contributed by atoms with van der Waals surface area (Å²) in [7, 11) is 3.60. The van der Waals surface area contributed by atoms with Crippen molar-refractivity contribution in [3.8, 4) is 5.75 Å². The van der Waals surface area contributed by atoms with Crippen LogP contribution in [0.5, 0.6) is 5.75 Å². The van der Waals surface area contributed by atoms with E-state index in [1.807, 2.05) is 36.7 Å². The molecule has 2 amide bonds. The van der Waals surface area contributed by atoms with Gasteiger partial charge >= 0.3 is 0 Å². The summed E-state index contributed by atoms with van der Waals surface area (Å²) >= 11 is 16.7. The molecule has 0 unspecified atom stereocenters. The summed E-state index contributed by atoms with van der Waals surface area (Å²) in [6, 6.07) is 7.47. The van der Waals surface area contributed by atoms with Gasteiger partial charge < -0.3 is 15.0 Å². The molecule has 1 fully saturated rings. The van der Waals surface area contributed by atoms with Gasteiger partial charge in [-0.05, 0) is 67.0 Å². The topological polar surface area (TPSA) is 79.2 Å². The van der Waals surface area contributed by atoms with Crippen molar-refractivity contribution >= 4 is 62.3 Å². The van der Waals surface area contributed by atoms with Gasteiger partial charge in [-0.1, -0.05) is 48.9 Å². The fraction of sp³-hybridized carbons (Fsp3) is 0.464. The Balaban J connectivity index is 1.38. The number of hydrogen-bond donors (Lipinski definition) is 1. The minimum absolute atomic E-state index is 0.0843. The van der Waals surface area contributed by atoms with Gasteiger partial charge in [0.2, 0.25) is 11.8 Å². The lowest BCUT2D eigenvalue weighted by Gasteiger charge is -2.26. The number of imidazole rings is 1. The molecule has 1 saturated carbocycles. The van der Waals surface area contributed by atoms with Crippen molar-refractivity contribution in [2.45, 2.75) is 58.1 Å². The molecule has 0 atom stereocenters. The van der Waals surface area contributed by atoms with Gasteiger partial charge in [0.25, 0.3) is 0 Å². The Morgan fingerprint density at radius 1 is 1.15 bits per heavy atom. The van der Waals surface area contributed by atoms with E-state index in [0.717, 1.165) is 23.1 Å². The summed E-state index contributed by atoms with van der Waals surface area (Å²) in [5, 5.41) is 3.49. The molecule has 210 valence electrons. The van der Waals surface area contributed by atoms with Crippen molar-refractivity contribution in [2.75, 3.05) is 32.1 Å². The highest BCUT2D eigenvalue weighted by molar-refractivity contribution is 9.10. The SMILES string of the molecule is Cc1nc2c(OCc3c(Cl)ccc(N(C)C(=O)CNC(=O)CN(C)C4CCCCCC4)c3Cl)cccn2c1Br. The monoisotopic (exact) mass is 637 g/mol. The van der Waals surface area contributed by atoms with Gasteiger partial charge in [-0.3, -0.25) is 18.9 Å². The molecule has 4 rings (SSSR count). The molecule has 8 nitrogen and oxygen atoms in total. The number of carbonyl (C=O) groups excluding carboxylic acids is 2. The molecule has 2 heterocycles. The van der Waals surface area contributed by atoms with Crippen molar-refractivity contribution in [1.82, 2.24) is 19.6 Å². The number of aromatic nitrogens is 2. The summed E-state index contributed by atoms with van der Waals surface area (Å²) in [5.41, 5.74) is 2.53. The molecule has 1 N–H and O–H groups in total. The Kier molecular flexibility index (Phi) is 10.1. The molecular formula is C28H34BrCl2N5O3. The van der Waals surface area contributed by atoms with Crippen molar-refractivity contribution < 1.29 is 14.3 Å². The zero-order chi connectivity index (χ0) is 28.1. The first kappa shape index (κ1) is 29.6. The van der Waals surface area contributed by atoms with Crippen LogP contribution >= 0.6 is 39.1 Å². The van der Waals surface area contributed by atoms with E-state index in [1.165, 1.54) is 30.6 Å². The fourth-order valence-electron chi connectivity index (χ4n) is 4.90. The molecule has 11 heteroatoms. The van der Waals surface area contributed by atoms with Crippen LogP contribution in [0.2, 0.25) is 10.0 Å². The highest BCUT2D eigenvalue weighted by Crippen LogP contribution is 2.35. The zero-order valence-corrected chi connectivity index (χ0v) is 25.6. The second kappa shape index (κ2) is 13.4. The quantitative estimate of drug-likeness (QED) is 0.290. The minimum Gasteiger partial charge on any atom is -0.485 e. The maximum Gasteiger partial charge on any atom is 0.246 e. The normalized spacial score (nSPS) is 14.4. The number of carbonyl (C=O) groups is 2. The van der Waals surface area contributed by atoms with E-state index in [4.69, 9.17) is 27.9 Å². The highest BCUT2D eigenvalue weighted by atomic mass is 79.9. The lowest BCUT2D eigenvalue weighted by Crippen LogP contribution is -2.44. The predicted octanol–water partition coefficient (Wildman–Crippen LogP) is 6.02. The molecule has 0 bridgehead atoms. The van der Waals surface area contributed by atoms with E-state index in [2.05, 4.69) is 31.1 Å². The number of anilines is 1. The lowest BCUT2D eigenvalue weighted by molar-refractivity contribution is -0.125. The van der Waals surface area contributed by atoms with Gasteiger partial charge in [-0.25, -0.2) is 4.98 Å². The molecule has 1 aliphatic rings. The van der Waals surface area contributed by atoms with Crippen LogP contribution in [0.3, 0.4) is 0 Å². The number of likely N-dealkylation sites (N-methyl/N-ethyl adjacent to an activating group) is 2. The Hall–Kier alpha value is -2.33. The molecule has 39 heavy (non-hydrogen) atoms. The van der Waals surface area contributed by atoms with Gasteiger partial charge in [-0.15, -0.1) is 0 Å². The van der Waals surface area contributed by atoms with Crippen LogP contribution in [0.1, 0.15) is 49.8 Å². The lowest BCUT2D eigenvalue weighted by atomic mass is 10.1. The van der Waals surface area contributed by atoms with Gasteiger partial charge in [0.05, 0.1) is 29.5 Å². The van der Waals surface area contributed by atoms with E-state index in [0.29, 0.717) is 38.7 Å². The number of benzene rings is 1. The van der Waals surface area contributed by atoms with Gasteiger partial charge in [0.1, 0.15) is 11.2 Å². The van der Waals surface area contributed by atoms with Crippen molar-refractivity contribution in [3.05, 3.63) is 56.4 Å². The average Bonchev–Trinajstić information content (AvgIpc) is 3.07. The smallest absolute Gasteiger partial charge is 0.246 e. The van der Waals surface area contributed by atoms with E-state index < -0.39 is 0 Å².